The minimum absolute atomic E-state index is 0.0415. The van der Waals surface area contributed by atoms with Crippen molar-refractivity contribution >= 4 is 17.5 Å². The van der Waals surface area contributed by atoms with Gasteiger partial charge in [-0.3, -0.25) is 9.59 Å². The lowest BCUT2D eigenvalue weighted by Gasteiger charge is -2.40. The molecule has 0 radical (unpaired) electrons. The Morgan fingerprint density at radius 2 is 2.00 bits per heavy atom. The Bertz CT molecular complexity index is 571. The number of amides is 2. The first-order chi connectivity index (χ1) is 9.82. The van der Waals surface area contributed by atoms with Crippen molar-refractivity contribution in [2.75, 3.05) is 18.0 Å². The molecule has 1 heterocycles. The first kappa shape index (κ1) is 15.5. The van der Waals surface area contributed by atoms with Crippen LogP contribution in [0.4, 0.5) is 10.1 Å². The second-order valence-electron chi connectivity index (χ2n) is 5.81. The number of halogens is 1. The Morgan fingerprint density at radius 3 is 2.62 bits per heavy atom. The van der Waals surface area contributed by atoms with Gasteiger partial charge in [-0.2, -0.15) is 0 Å². The van der Waals surface area contributed by atoms with E-state index in [1.165, 1.54) is 11.0 Å². The van der Waals surface area contributed by atoms with E-state index >= 15 is 0 Å². The van der Waals surface area contributed by atoms with Gasteiger partial charge in [0, 0.05) is 19.0 Å². The lowest BCUT2D eigenvalue weighted by molar-refractivity contribution is -0.143. The van der Waals surface area contributed by atoms with E-state index in [-0.39, 0.29) is 17.7 Å². The highest BCUT2D eigenvalue weighted by Crippen LogP contribution is 2.25. The molecular formula is C16H21FN2O2. The van der Waals surface area contributed by atoms with Crippen LogP contribution >= 0.6 is 0 Å². The highest BCUT2D eigenvalue weighted by molar-refractivity contribution is 6.00. The summed E-state index contributed by atoms with van der Waals surface area (Å²) >= 11 is 0. The average Bonchev–Trinajstić information content (AvgIpc) is 2.44. The fourth-order valence-corrected chi connectivity index (χ4v) is 2.57. The number of piperazine rings is 1. The molecule has 21 heavy (non-hydrogen) atoms. The minimum Gasteiger partial charge on any atom is -0.329 e. The number of carbonyl (C=O) groups excluding carboxylic acids is 2. The summed E-state index contributed by atoms with van der Waals surface area (Å²) in [5.41, 5.74) is 1.19. The molecule has 0 saturated carbocycles. The van der Waals surface area contributed by atoms with Gasteiger partial charge in [-0.15, -0.1) is 0 Å². The second-order valence-corrected chi connectivity index (χ2v) is 5.81. The van der Waals surface area contributed by atoms with E-state index in [1.54, 1.807) is 24.0 Å². The predicted octanol–water partition coefficient (Wildman–Crippen LogP) is 2.35. The molecule has 1 aliphatic heterocycles. The smallest absolute Gasteiger partial charge is 0.249 e. The summed E-state index contributed by atoms with van der Waals surface area (Å²) in [4.78, 5) is 27.6. The van der Waals surface area contributed by atoms with Crippen LogP contribution in [-0.4, -0.2) is 35.8 Å². The first-order valence-corrected chi connectivity index (χ1v) is 7.21. The maximum absolute atomic E-state index is 14.0. The number of anilines is 1. The zero-order valence-electron chi connectivity index (χ0n) is 12.9. The fraction of sp³-hybridized carbons (Fsp3) is 0.500. The van der Waals surface area contributed by atoms with Gasteiger partial charge in [0.05, 0.1) is 5.69 Å². The van der Waals surface area contributed by atoms with Crippen molar-refractivity contribution in [2.24, 2.45) is 5.92 Å². The number of aryl methyl sites for hydroxylation is 1. The van der Waals surface area contributed by atoms with Gasteiger partial charge in [-0.05, 0) is 31.5 Å². The zero-order valence-corrected chi connectivity index (χ0v) is 12.9. The molecule has 5 heteroatoms. The highest BCUT2D eigenvalue weighted by Gasteiger charge is 2.36. The molecule has 0 aromatic heterocycles. The van der Waals surface area contributed by atoms with Crippen molar-refractivity contribution < 1.29 is 14.0 Å². The van der Waals surface area contributed by atoms with Gasteiger partial charge < -0.3 is 9.80 Å². The van der Waals surface area contributed by atoms with E-state index < -0.39 is 11.9 Å². The van der Waals surface area contributed by atoms with Crippen molar-refractivity contribution in [1.82, 2.24) is 4.90 Å². The van der Waals surface area contributed by atoms with E-state index in [0.717, 1.165) is 5.56 Å². The zero-order chi connectivity index (χ0) is 15.7. The van der Waals surface area contributed by atoms with Crippen LogP contribution in [0.2, 0.25) is 0 Å². The Balaban J connectivity index is 2.26. The summed E-state index contributed by atoms with van der Waals surface area (Å²) in [5, 5.41) is 0. The molecule has 1 aliphatic rings. The molecule has 1 unspecified atom stereocenters. The molecule has 0 aliphatic carbocycles. The van der Waals surface area contributed by atoms with Gasteiger partial charge in [0.15, 0.2) is 0 Å². The van der Waals surface area contributed by atoms with Crippen molar-refractivity contribution in [3.63, 3.8) is 0 Å². The fourth-order valence-electron chi connectivity index (χ4n) is 2.57. The van der Waals surface area contributed by atoms with Gasteiger partial charge in [0.2, 0.25) is 11.8 Å². The topological polar surface area (TPSA) is 40.6 Å². The number of hydrogen-bond donors (Lipinski definition) is 0. The van der Waals surface area contributed by atoms with Gasteiger partial charge in [0.25, 0.3) is 0 Å². The lowest BCUT2D eigenvalue weighted by Crippen LogP contribution is -2.58. The van der Waals surface area contributed by atoms with Crippen molar-refractivity contribution in [3.8, 4) is 0 Å². The lowest BCUT2D eigenvalue weighted by atomic mass is 10.1. The average molecular weight is 292 g/mol. The van der Waals surface area contributed by atoms with Crippen LogP contribution in [0.5, 0.6) is 0 Å². The van der Waals surface area contributed by atoms with Gasteiger partial charge >= 0.3 is 0 Å². The van der Waals surface area contributed by atoms with Crippen LogP contribution in [0.3, 0.4) is 0 Å². The molecule has 114 valence electrons. The largest absolute Gasteiger partial charge is 0.329 e. The summed E-state index contributed by atoms with van der Waals surface area (Å²) in [6, 6.07) is 4.15. The van der Waals surface area contributed by atoms with Crippen LogP contribution in [0, 0.1) is 18.7 Å². The van der Waals surface area contributed by atoms with E-state index in [2.05, 4.69) is 0 Å². The predicted molar refractivity (Wildman–Crippen MR) is 79.5 cm³/mol. The quantitative estimate of drug-likeness (QED) is 0.839. The van der Waals surface area contributed by atoms with Gasteiger partial charge in [0.1, 0.15) is 11.9 Å². The van der Waals surface area contributed by atoms with Crippen LogP contribution in [0.1, 0.15) is 26.3 Å². The molecule has 1 aromatic rings. The van der Waals surface area contributed by atoms with Crippen LogP contribution in [0.15, 0.2) is 18.2 Å². The van der Waals surface area contributed by atoms with Crippen LogP contribution in [-0.2, 0) is 9.59 Å². The molecule has 0 spiro atoms. The Kier molecular flexibility index (Phi) is 4.30. The number of benzene rings is 1. The van der Waals surface area contributed by atoms with E-state index in [4.69, 9.17) is 0 Å². The molecule has 0 N–H and O–H groups in total. The minimum atomic E-state index is -0.562. The SMILES string of the molecule is Cc1ccc(F)c(N2CCN(C(=O)C(C)C)C(C)C2=O)c1. The van der Waals surface area contributed by atoms with Crippen molar-refractivity contribution in [2.45, 2.75) is 33.7 Å². The number of nitrogens with zero attached hydrogens (tertiary/aromatic N) is 2. The van der Waals surface area contributed by atoms with Gasteiger partial charge in [-0.25, -0.2) is 4.39 Å². The molecule has 2 rings (SSSR count). The number of rotatable bonds is 2. The molecule has 1 saturated heterocycles. The van der Waals surface area contributed by atoms with Crippen LogP contribution in [0.25, 0.3) is 0 Å². The summed E-state index contributed by atoms with van der Waals surface area (Å²) in [7, 11) is 0. The molecule has 1 atom stereocenters. The summed E-state index contributed by atoms with van der Waals surface area (Å²) in [6.07, 6.45) is 0. The number of carbonyl (C=O) groups is 2. The molecule has 1 aromatic carbocycles. The third-order valence-electron chi connectivity index (χ3n) is 3.82. The standard InChI is InChI=1S/C16H21FN2O2/c1-10(2)15(20)18-7-8-19(16(21)12(18)4)14-9-11(3)5-6-13(14)17/h5-6,9-10,12H,7-8H2,1-4H3. The summed E-state index contributed by atoms with van der Waals surface area (Å²) in [5.74, 6) is -0.841. The monoisotopic (exact) mass is 292 g/mol. The third kappa shape index (κ3) is 2.91. The second kappa shape index (κ2) is 5.84. The maximum Gasteiger partial charge on any atom is 0.249 e. The molecule has 4 nitrogen and oxygen atoms in total. The van der Waals surface area contributed by atoms with E-state index in [0.29, 0.717) is 18.8 Å². The summed E-state index contributed by atoms with van der Waals surface area (Å²) in [6.45, 7) is 7.93. The van der Waals surface area contributed by atoms with E-state index in [9.17, 15) is 14.0 Å². The third-order valence-corrected chi connectivity index (χ3v) is 3.82. The Hall–Kier alpha value is -1.91. The first-order valence-electron chi connectivity index (χ1n) is 7.21. The normalized spacial score (nSPS) is 19.3. The maximum atomic E-state index is 14.0. The van der Waals surface area contributed by atoms with Crippen molar-refractivity contribution in [3.05, 3.63) is 29.6 Å². The number of hydrogen-bond acceptors (Lipinski definition) is 2. The Labute approximate surface area is 124 Å². The van der Waals surface area contributed by atoms with Gasteiger partial charge in [-0.1, -0.05) is 19.9 Å². The van der Waals surface area contributed by atoms with E-state index in [1.807, 2.05) is 20.8 Å². The molecule has 0 bridgehead atoms. The Morgan fingerprint density at radius 1 is 1.33 bits per heavy atom. The van der Waals surface area contributed by atoms with Crippen LogP contribution < -0.4 is 4.90 Å². The summed E-state index contributed by atoms with van der Waals surface area (Å²) < 4.78 is 14.0. The molecule has 2 amide bonds. The van der Waals surface area contributed by atoms with Crippen molar-refractivity contribution in [1.29, 1.82) is 0 Å². The molecular weight excluding hydrogens is 271 g/mol. The molecule has 1 fully saturated rings. The highest BCUT2D eigenvalue weighted by atomic mass is 19.1.